The lowest BCUT2D eigenvalue weighted by molar-refractivity contribution is 0.425. The van der Waals surface area contributed by atoms with E-state index in [9.17, 15) is 5.11 Å². The fraction of sp³-hybridized carbons (Fsp3) is 0.143. The van der Waals surface area contributed by atoms with Crippen molar-refractivity contribution in [3.05, 3.63) is 41.9 Å². The molecule has 2 aromatic heterocycles. The van der Waals surface area contributed by atoms with Crippen molar-refractivity contribution in [2.45, 2.75) is 13.8 Å². The minimum Gasteiger partial charge on any atom is -0.507 e. The lowest BCUT2D eigenvalue weighted by atomic mass is 10.1. The van der Waals surface area contributed by atoms with Gasteiger partial charge in [-0.25, -0.2) is 0 Å². The molecule has 5 heteroatoms. The minimum absolute atomic E-state index is 0.154. The fourth-order valence-corrected chi connectivity index (χ4v) is 1.89. The standard InChI is InChI=1S/C14H12N2O3/c1-8-4-3-5-11(12(8)17)14-15-13(16-19-14)10-6-7-18-9(10)2/h3-7,17H,1-2H3. The topological polar surface area (TPSA) is 72.3 Å². The lowest BCUT2D eigenvalue weighted by Gasteiger charge is -2.01. The van der Waals surface area contributed by atoms with E-state index in [2.05, 4.69) is 10.1 Å². The first-order valence-corrected chi connectivity index (χ1v) is 5.84. The van der Waals surface area contributed by atoms with Crippen LogP contribution in [0.2, 0.25) is 0 Å². The smallest absolute Gasteiger partial charge is 0.262 e. The molecule has 0 saturated heterocycles. The number of rotatable bonds is 2. The molecule has 3 rings (SSSR count). The average molecular weight is 256 g/mol. The maximum absolute atomic E-state index is 10.00. The third-order valence-electron chi connectivity index (χ3n) is 2.99. The predicted molar refractivity (Wildman–Crippen MR) is 68.6 cm³/mol. The summed E-state index contributed by atoms with van der Waals surface area (Å²) < 4.78 is 10.4. The molecular weight excluding hydrogens is 244 g/mol. The molecular formula is C14H12N2O3. The number of hydrogen-bond donors (Lipinski definition) is 1. The van der Waals surface area contributed by atoms with Crippen molar-refractivity contribution in [1.82, 2.24) is 10.1 Å². The van der Waals surface area contributed by atoms with Crippen molar-refractivity contribution in [1.29, 1.82) is 0 Å². The maximum atomic E-state index is 10.00. The molecule has 19 heavy (non-hydrogen) atoms. The highest BCUT2D eigenvalue weighted by Gasteiger charge is 2.16. The molecule has 5 nitrogen and oxygen atoms in total. The first-order chi connectivity index (χ1) is 9.16. The lowest BCUT2D eigenvalue weighted by Crippen LogP contribution is -1.83. The van der Waals surface area contributed by atoms with Crippen LogP contribution in [0.5, 0.6) is 5.75 Å². The van der Waals surface area contributed by atoms with E-state index < -0.39 is 0 Å². The summed E-state index contributed by atoms with van der Waals surface area (Å²) in [6.07, 6.45) is 1.57. The molecule has 0 amide bonds. The molecule has 0 aliphatic heterocycles. The van der Waals surface area contributed by atoms with Gasteiger partial charge >= 0.3 is 0 Å². The number of furan rings is 1. The molecule has 0 bridgehead atoms. The van der Waals surface area contributed by atoms with E-state index in [-0.39, 0.29) is 11.6 Å². The van der Waals surface area contributed by atoms with Crippen molar-refractivity contribution in [2.24, 2.45) is 0 Å². The van der Waals surface area contributed by atoms with E-state index in [1.165, 1.54) is 0 Å². The summed E-state index contributed by atoms with van der Waals surface area (Å²) in [7, 11) is 0. The van der Waals surface area contributed by atoms with Gasteiger partial charge in [0.25, 0.3) is 5.89 Å². The van der Waals surface area contributed by atoms with Gasteiger partial charge in [-0.1, -0.05) is 17.3 Å². The number of phenolic OH excluding ortho intramolecular Hbond substituents is 1. The Morgan fingerprint density at radius 3 is 2.68 bits per heavy atom. The van der Waals surface area contributed by atoms with Gasteiger partial charge in [-0.05, 0) is 31.5 Å². The van der Waals surface area contributed by atoms with Gasteiger partial charge in [0.15, 0.2) is 0 Å². The Morgan fingerprint density at radius 2 is 1.95 bits per heavy atom. The van der Waals surface area contributed by atoms with Crippen molar-refractivity contribution in [3.8, 4) is 28.6 Å². The minimum atomic E-state index is 0.154. The molecule has 0 aliphatic carbocycles. The number of benzene rings is 1. The molecule has 3 aromatic rings. The summed E-state index contributed by atoms with van der Waals surface area (Å²) in [5, 5.41) is 13.9. The summed E-state index contributed by atoms with van der Waals surface area (Å²) in [5.74, 6) is 1.61. The summed E-state index contributed by atoms with van der Waals surface area (Å²) in [6, 6.07) is 7.16. The van der Waals surface area contributed by atoms with Crippen LogP contribution in [0.25, 0.3) is 22.8 Å². The van der Waals surface area contributed by atoms with Crippen molar-refractivity contribution in [3.63, 3.8) is 0 Å². The van der Waals surface area contributed by atoms with Crippen LogP contribution in [0.3, 0.4) is 0 Å². The highest BCUT2D eigenvalue weighted by atomic mass is 16.5. The molecule has 0 spiro atoms. The molecule has 0 radical (unpaired) electrons. The van der Waals surface area contributed by atoms with Gasteiger partial charge in [-0.2, -0.15) is 4.98 Å². The monoisotopic (exact) mass is 256 g/mol. The second-order valence-corrected chi connectivity index (χ2v) is 4.28. The van der Waals surface area contributed by atoms with Gasteiger partial charge < -0.3 is 14.0 Å². The van der Waals surface area contributed by atoms with E-state index in [0.717, 1.165) is 16.9 Å². The Kier molecular flexibility index (Phi) is 2.59. The van der Waals surface area contributed by atoms with E-state index in [4.69, 9.17) is 8.94 Å². The Balaban J connectivity index is 2.07. The first-order valence-electron chi connectivity index (χ1n) is 5.84. The second kappa shape index (κ2) is 4.28. The van der Waals surface area contributed by atoms with Crippen LogP contribution in [0.15, 0.2) is 39.5 Å². The van der Waals surface area contributed by atoms with Crippen LogP contribution in [-0.4, -0.2) is 15.2 Å². The van der Waals surface area contributed by atoms with Gasteiger partial charge in [0.05, 0.1) is 17.4 Å². The summed E-state index contributed by atoms with van der Waals surface area (Å²) in [5.41, 5.74) is 2.07. The number of aryl methyl sites for hydroxylation is 2. The van der Waals surface area contributed by atoms with Gasteiger partial charge in [0.2, 0.25) is 5.82 Å². The Hall–Kier alpha value is -2.56. The quantitative estimate of drug-likeness (QED) is 0.761. The zero-order valence-corrected chi connectivity index (χ0v) is 10.5. The van der Waals surface area contributed by atoms with Crippen LogP contribution in [-0.2, 0) is 0 Å². The van der Waals surface area contributed by atoms with Crippen molar-refractivity contribution < 1.29 is 14.0 Å². The number of aromatic nitrogens is 2. The Labute approximate surface area is 109 Å². The third kappa shape index (κ3) is 1.89. The van der Waals surface area contributed by atoms with Crippen LogP contribution in [0, 0.1) is 13.8 Å². The molecule has 0 aliphatic rings. The normalized spacial score (nSPS) is 10.8. The van der Waals surface area contributed by atoms with E-state index in [0.29, 0.717) is 11.4 Å². The number of nitrogens with zero attached hydrogens (tertiary/aromatic N) is 2. The van der Waals surface area contributed by atoms with Crippen molar-refractivity contribution in [2.75, 3.05) is 0 Å². The number of hydrogen-bond acceptors (Lipinski definition) is 5. The molecule has 0 saturated carbocycles. The van der Waals surface area contributed by atoms with E-state index in [1.807, 2.05) is 26.0 Å². The van der Waals surface area contributed by atoms with Gasteiger partial charge in [0, 0.05) is 0 Å². The third-order valence-corrected chi connectivity index (χ3v) is 2.99. The number of para-hydroxylation sites is 1. The van der Waals surface area contributed by atoms with Crippen LogP contribution >= 0.6 is 0 Å². The highest BCUT2D eigenvalue weighted by Crippen LogP contribution is 2.32. The predicted octanol–water partition coefficient (Wildman–Crippen LogP) is 3.32. The SMILES string of the molecule is Cc1cccc(-c2nc(-c3ccoc3C)no2)c1O. The van der Waals surface area contributed by atoms with Crippen LogP contribution in [0.1, 0.15) is 11.3 Å². The van der Waals surface area contributed by atoms with Crippen LogP contribution in [0.4, 0.5) is 0 Å². The molecule has 96 valence electrons. The van der Waals surface area contributed by atoms with Gasteiger partial charge in [-0.15, -0.1) is 0 Å². The number of aromatic hydroxyl groups is 1. The molecule has 0 fully saturated rings. The molecule has 0 atom stereocenters. The summed E-state index contributed by atoms with van der Waals surface area (Å²) in [4.78, 5) is 4.29. The molecule has 2 heterocycles. The van der Waals surface area contributed by atoms with Crippen LogP contribution < -0.4 is 0 Å². The Morgan fingerprint density at radius 1 is 1.11 bits per heavy atom. The van der Waals surface area contributed by atoms with E-state index >= 15 is 0 Å². The molecule has 1 N–H and O–H groups in total. The largest absolute Gasteiger partial charge is 0.507 e. The first kappa shape index (κ1) is 11.5. The van der Waals surface area contributed by atoms with Gasteiger partial charge in [-0.3, -0.25) is 0 Å². The van der Waals surface area contributed by atoms with E-state index in [1.54, 1.807) is 18.4 Å². The molecule has 1 aromatic carbocycles. The van der Waals surface area contributed by atoms with Gasteiger partial charge in [0.1, 0.15) is 11.5 Å². The maximum Gasteiger partial charge on any atom is 0.262 e. The summed E-state index contributed by atoms with van der Waals surface area (Å²) >= 11 is 0. The number of phenols is 1. The van der Waals surface area contributed by atoms with Crippen molar-refractivity contribution >= 4 is 0 Å². The second-order valence-electron chi connectivity index (χ2n) is 4.28. The highest BCUT2D eigenvalue weighted by molar-refractivity contribution is 5.66. The average Bonchev–Trinajstić information content (AvgIpc) is 3.01. The zero-order valence-electron chi connectivity index (χ0n) is 10.5. The summed E-state index contributed by atoms with van der Waals surface area (Å²) in [6.45, 7) is 3.64. The fourth-order valence-electron chi connectivity index (χ4n) is 1.89. The Bertz CT molecular complexity index is 728. The zero-order chi connectivity index (χ0) is 13.4. The molecule has 0 unspecified atom stereocenters.